The summed E-state index contributed by atoms with van der Waals surface area (Å²) >= 11 is 0. The van der Waals surface area contributed by atoms with E-state index in [0.29, 0.717) is 11.5 Å². The van der Waals surface area contributed by atoms with Crippen molar-refractivity contribution in [1.29, 1.82) is 0 Å². The van der Waals surface area contributed by atoms with Gasteiger partial charge in [-0.1, -0.05) is 157 Å². The highest BCUT2D eigenvalue weighted by atomic mass is 16.7. The van der Waals surface area contributed by atoms with Gasteiger partial charge in [0.2, 0.25) is 0 Å². The Kier molecular flexibility index (Phi) is 8.16. The lowest BCUT2D eigenvalue weighted by molar-refractivity contribution is 0.152. The van der Waals surface area contributed by atoms with E-state index in [0.717, 1.165) is 55.3 Å². The highest BCUT2D eigenvalue weighted by Gasteiger charge is 2.15. The van der Waals surface area contributed by atoms with Crippen LogP contribution in [0.1, 0.15) is 11.1 Å². The minimum Gasteiger partial charge on any atom is -0.395 e. The van der Waals surface area contributed by atoms with E-state index < -0.39 is 6.16 Å². The van der Waals surface area contributed by atoms with Crippen molar-refractivity contribution >= 4 is 27.7 Å². The van der Waals surface area contributed by atoms with Crippen molar-refractivity contribution in [3.05, 3.63) is 181 Å². The first kappa shape index (κ1) is 30.9. The largest absolute Gasteiger partial charge is 0.519 e. The molecule has 0 radical (unpaired) electrons. The van der Waals surface area contributed by atoms with Gasteiger partial charge in [-0.05, 0) is 104 Å². The molecule has 0 heterocycles. The van der Waals surface area contributed by atoms with E-state index >= 15 is 0 Å². The van der Waals surface area contributed by atoms with Crippen molar-refractivity contribution in [3.63, 3.8) is 0 Å². The Morgan fingerprint density at radius 1 is 0.380 bits per heavy atom. The van der Waals surface area contributed by atoms with Crippen LogP contribution in [0.25, 0.3) is 66.1 Å². The van der Waals surface area contributed by atoms with Gasteiger partial charge in [-0.25, -0.2) is 4.79 Å². The van der Waals surface area contributed by atoms with Gasteiger partial charge in [0.25, 0.3) is 0 Å². The van der Waals surface area contributed by atoms with Crippen LogP contribution in [0.2, 0.25) is 0 Å². The molecule has 50 heavy (non-hydrogen) atoms. The first-order chi connectivity index (χ1) is 24.5. The van der Waals surface area contributed by atoms with Crippen molar-refractivity contribution in [2.45, 2.75) is 13.8 Å². The van der Waals surface area contributed by atoms with Crippen LogP contribution in [0.5, 0.6) is 11.5 Å². The molecule has 0 saturated heterocycles. The number of hydrogen-bond donors (Lipinski definition) is 0. The molecule has 0 amide bonds. The van der Waals surface area contributed by atoms with Crippen LogP contribution in [-0.2, 0) is 0 Å². The highest BCUT2D eigenvalue weighted by Crippen LogP contribution is 2.40. The zero-order valence-electron chi connectivity index (χ0n) is 27.9. The second kappa shape index (κ2) is 13.2. The number of aryl methyl sites for hydroxylation is 2. The summed E-state index contributed by atoms with van der Waals surface area (Å²) in [5.74, 6) is 0.817. The van der Waals surface area contributed by atoms with Crippen molar-refractivity contribution in [3.8, 4) is 56.0 Å². The van der Waals surface area contributed by atoms with E-state index in [1.165, 1.54) is 21.9 Å². The van der Waals surface area contributed by atoms with E-state index in [9.17, 15) is 4.79 Å². The van der Waals surface area contributed by atoms with Gasteiger partial charge in [-0.3, -0.25) is 0 Å². The molecule has 0 aliphatic heterocycles. The molecule has 0 unspecified atom stereocenters. The van der Waals surface area contributed by atoms with E-state index in [2.05, 4.69) is 135 Å². The number of carbonyl (C=O) groups excluding carboxylic acids is 1. The van der Waals surface area contributed by atoms with E-state index in [4.69, 9.17) is 9.47 Å². The molecule has 0 fully saturated rings. The fourth-order valence-electron chi connectivity index (χ4n) is 6.71. The molecule has 0 atom stereocenters. The summed E-state index contributed by atoms with van der Waals surface area (Å²) in [6.45, 7) is 4.19. The third kappa shape index (κ3) is 6.13. The van der Waals surface area contributed by atoms with Crippen LogP contribution in [0.3, 0.4) is 0 Å². The maximum atomic E-state index is 12.9. The molecule has 240 valence electrons. The highest BCUT2D eigenvalue weighted by molar-refractivity contribution is 6.05. The topological polar surface area (TPSA) is 35.5 Å². The van der Waals surface area contributed by atoms with Gasteiger partial charge in [0.1, 0.15) is 11.5 Å². The van der Waals surface area contributed by atoms with Crippen LogP contribution in [0, 0.1) is 13.8 Å². The molecule has 0 aromatic heterocycles. The van der Waals surface area contributed by atoms with Gasteiger partial charge in [-0.15, -0.1) is 0 Å². The number of rotatable bonds is 6. The zero-order chi connectivity index (χ0) is 34.0. The number of ether oxygens (including phenoxy) is 2. The molecule has 3 nitrogen and oxygen atoms in total. The predicted octanol–water partition coefficient (Wildman–Crippen LogP) is 12.9. The average Bonchev–Trinajstić information content (AvgIpc) is 3.15. The SMILES string of the molecule is Cc1ccc(-c2ccc3ccccc3c2-c2ccc(OC(=O)Oc3ccc(-c4c(-c5ccc(C)cc5)ccc5ccccc45)cc3)cc2)cc1. The number of carbonyl (C=O) groups is 1. The first-order valence-corrected chi connectivity index (χ1v) is 16.8. The lowest BCUT2D eigenvalue weighted by Gasteiger charge is -2.15. The second-order valence-corrected chi connectivity index (χ2v) is 12.7. The maximum absolute atomic E-state index is 12.9. The second-order valence-electron chi connectivity index (χ2n) is 12.7. The van der Waals surface area contributed by atoms with Crippen molar-refractivity contribution in [2.24, 2.45) is 0 Å². The van der Waals surface area contributed by atoms with E-state index in [1.54, 1.807) is 0 Å². The standard InChI is InChI=1S/C47H34O3/c1-31-11-15-35(16-12-31)43-29-23-33-7-3-5-9-41(33)45(43)37-19-25-39(26-20-37)49-47(48)50-40-27-21-38(22-28-40)46-42-10-6-4-8-34(42)24-30-44(46)36-17-13-32(2)14-18-36/h3-30H,1-2H3. The van der Waals surface area contributed by atoms with Crippen LogP contribution in [-0.4, -0.2) is 6.16 Å². The van der Waals surface area contributed by atoms with Crippen LogP contribution in [0.15, 0.2) is 170 Å². The average molecular weight is 647 g/mol. The summed E-state index contributed by atoms with van der Waals surface area (Å²) in [4.78, 5) is 12.9. The zero-order valence-corrected chi connectivity index (χ0v) is 27.9. The van der Waals surface area contributed by atoms with Gasteiger partial charge in [-0.2, -0.15) is 0 Å². The fraction of sp³-hybridized carbons (Fsp3) is 0.0426. The third-order valence-corrected chi connectivity index (χ3v) is 9.27. The number of hydrogen-bond acceptors (Lipinski definition) is 3. The summed E-state index contributed by atoms with van der Waals surface area (Å²) in [5, 5.41) is 4.66. The van der Waals surface area contributed by atoms with Crippen LogP contribution in [0.4, 0.5) is 4.79 Å². The normalized spacial score (nSPS) is 11.1. The molecule has 0 spiro atoms. The molecule has 0 bridgehead atoms. The fourth-order valence-corrected chi connectivity index (χ4v) is 6.71. The minimum atomic E-state index is -0.790. The van der Waals surface area contributed by atoms with Crippen molar-refractivity contribution in [2.75, 3.05) is 0 Å². The summed E-state index contributed by atoms with van der Waals surface area (Å²) in [6, 6.07) is 57.9. The minimum absolute atomic E-state index is 0.408. The van der Waals surface area contributed by atoms with Crippen molar-refractivity contribution < 1.29 is 14.3 Å². The monoisotopic (exact) mass is 646 g/mol. The van der Waals surface area contributed by atoms with Crippen LogP contribution < -0.4 is 9.47 Å². The Bertz CT molecular complexity index is 2300. The molecule has 0 saturated carbocycles. The van der Waals surface area contributed by atoms with Gasteiger partial charge in [0, 0.05) is 0 Å². The Hall–Kier alpha value is -6.45. The van der Waals surface area contributed by atoms with Gasteiger partial charge in [0.15, 0.2) is 0 Å². The number of benzene rings is 8. The van der Waals surface area contributed by atoms with E-state index in [-0.39, 0.29) is 0 Å². The molecular formula is C47H34O3. The number of fused-ring (bicyclic) bond motifs is 2. The smallest absolute Gasteiger partial charge is 0.395 e. The molecule has 0 aliphatic rings. The Morgan fingerprint density at radius 2 is 0.740 bits per heavy atom. The molecule has 8 aromatic rings. The summed E-state index contributed by atoms with van der Waals surface area (Å²) < 4.78 is 11.2. The lowest BCUT2D eigenvalue weighted by atomic mass is 9.89. The maximum Gasteiger partial charge on any atom is 0.519 e. The molecule has 0 aliphatic carbocycles. The summed E-state index contributed by atoms with van der Waals surface area (Å²) in [7, 11) is 0. The van der Waals surface area contributed by atoms with Gasteiger partial charge >= 0.3 is 6.16 Å². The molecular weight excluding hydrogens is 613 g/mol. The summed E-state index contributed by atoms with van der Waals surface area (Å²) in [6.07, 6.45) is -0.790. The molecule has 8 aromatic carbocycles. The van der Waals surface area contributed by atoms with Gasteiger partial charge in [0.05, 0.1) is 0 Å². The summed E-state index contributed by atoms with van der Waals surface area (Å²) in [5.41, 5.74) is 11.4. The Labute approximate surface area is 292 Å². The Morgan fingerprint density at radius 3 is 1.14 bits per heavy atom. The van der Waals surface area contributed by atoms with E-state index in [1.807, 2.05) is 48.5 Å². The lowest BCUT2D eigenvalue weighted by Crippen LogP contribution is -2.13. The predicted molar refractivity (Wildman–Crippen MR) is 206 cm³/mol. The molecule has 0 N–H and O–H groups in total. The molecule has 3 heteroatoms. The quantitative estimate of drug-likeness (QED) is 0.133. The molecule has 8 rings (SSSR count). The van der Waals surface area contributed by atoms with Gasteiger partial charge < -0.3 is 9.47 Å². The third-order valence-electron chi connectivity index (χ3n) is 9.27. The van der Waals surface area contributed by atoms with Crippen LogP contribution >= 0.6 is 0 Å². The first-order valence-electron chi connectivity index (χ1n) is 16.8. The van der Waals surface area contributed by atoms with Crippen molar-refractivity contribution in [1.82, 2.24) is 0 Å². The Balaban J connectivity index is 1.03.